The van der Waals surface area contributed by atoms with E-state index in [9.17, 15) is 14.4 Å². The van der Waals surface area contributed by atoms with E-state index in [1.54, 1.807) is 0 Å². The lowest BCUT2D eigenvalue weighted by atomic mass is 9.95. The van der Waals surface area contributed by atoms with Gasteiger partial charge in [-0.25, -0.2) is 0 Å². The Labute approximate surface area is 87.3 Å². The molecule has 1 amide bonds. The number of rotatable bonds is 6. The highest BCUT2D eigenvalue weighted by Gasteiger charge is 2.25. The quantitative estimate of drug-likeness (QED) is 0.578. The molecule has 2 atom stereocenters. The van der Waals surface area contributed by atoms with Crippen molar-refractivity contribution < 1.29 is 24.6 Å². The highest BCUT2D eigenvalue weighted by molar-refractivity contribution is 5.84. The summed E-state index contributed by atoms with van der Waals surface area (Å²) in [6.45, 7) is 2.95. The van der Waals surface area contributed by atoms with Crippen molar-refractivity contribution in [3.63, 3.8) is 0 Å². The van der Waals surface area contributed by atoms with Crippen molar-refractivity contribution in [3.05, 3.63) is 0 Å². The maximum absolute atomic E-state index is 11.3. The third kappa shape index (κ3) is 4.99. The Morgan fingerprint density at radius 2 is 1.67 bits per heavy atom. The van der Waals surface area contributed by atoms with Crippen LogP contribution >= 0.6 is 0 Å². The Kier molecular flexibility index (Phi) is 5.36. The summed E-state index contributed by atoms with van der Waals surface area (Å²) in [5, 5.41) is 19.3. The molecule has 0 bridgehead atoms. The molecule has 0 saturated carbocycles. The molecule has 3 N–H and O–H groups in total. The Bertz CT molecular complexity index is 263. The van der Waals surface area contributed by atoms with Crippen LogP contribution in [-0.2, 0) is 14.4 Å². The molecular weight excluding hydrogens is 202 g/mol. The summed E-state index contributed by atoms with van der Waals surface area (Å²) >= 11 is 0. The third-order valence-electron chi connectivity index (χ3n) is 2.19. The summed E-state index contributed by atoms with van der Waals surface area (Å²) in [5.41, 5.74) is 0. The van der Waals surface area contributed by atoms with E-state index in [1.165, 1.54) is 13.8 Å². The first-order valence-corrected chi connectivity index (χ1v) is 4.58. The van der Waals surface area contributed by atoms with Gasteiger partial charge in [0.1, 0.15) is 0 Å². The van der Waals surface area contributed by atoms with Crippen molar-refractivity contribution in [3.8, 4) is 0 Å². The van der Waals surface area contributed by atoms with Crippen molar-refractivity contribution in [2.75, 3.05) is 6.54 Å². The number of carboxylic acids is 2. The zero-order valence-electron chi connectivity index (χ0n) is 8.69. The highest BCUT2D eigenvalue weighted by Crippen LogP contribution is 2.10. The number of hydrogen-bond donors (Lipinski definition) is 3. The minimum atomic E-state index is -1.05. The van der Waals surface area contributed by atoms with E-state index in [-0.39, 0.29) is 13.0 Å². The molecule has 0 saturated heterocycles. The maximum atomic E-state index is 11.3. The Hall–Kier alpha value is -1.59. The molecule has 0 heterocycles. The largest absolute Gasteiger partial charge is 0.481 e. The summed E-state index contributed by atoms with van der Waals surface area (Å²) < 4.78 is 0. The van der Waals surface area contributed by atoms with Crippen LogP contribution in [0.4, 0.5) is 0 Å². The summed E-state index contributed by atoms with van der Waals surface area (Å²) in [7, 11) is 0. The summed E-state index contributed by atoms with van der Waals surface area (Å²) in [4.78, 5) is 32.0. The number of hydrogen-bond acceptors (Lipinski definition) is 3. The van der Waals surface area contributed by atoms with Gasteiger partial charge in [0.05, 0.1) is 12.3 Å². The molecule has 6 heteroatoms. The molecule has 0 aliphatic heterocycles. The van der Waals surface area contributed by atoms with Crippen LogP contribution in [0.3, 0.4) is 0 Å². The first kappa shape index (κ1) is 13.4. The van der Waals surface area contributed by atoms with Crippen molar-refractivity contribution in [1.29, 1.82) is 0 Å². The van der Waals surface area contributed by atoms with Gasteiger partial charge in [0.2, 0.25) is 5.91 Å². The average Bonchev–Trinajstić information content (AvgIpc) is 2.14. The summed E-state index contributed by atoms with van der Waals surface area (Å²) in [6.07, 6.45) is -0.167. The van der Waals surface area contributed by atoms with Crippen LogP contribution in [0.25, 0.3) is 0 Å². The minimum Gasteiger partial charge on any atom is -0.481 e. The van der Waals surface area contributed by atoms with Gasteiger partial charge in [-0.2, -0.15) is 0 Å². The van der Waals surface area contributed by atoms with Gasteiger partial charge in [0.25, 0.3) is 0 Å². The molecule has 0 aromatic heterocycles. The highest BCUT2D eigenvalue weighted by atomic mass is 16.4. The molecule has 6 nitrogen and oxygen atoms in total. The molecule has 15 heavy (non-hydrogen) atoms. The van der Waals surface area contributed by atoms with Gasteiger partial charge in [-0.15, -0.1) is 0 Å². The van der Waals surface area contributed by atoms with Crippen LogP contribution < -0.4 is 5.32 Å². The van der Waals surface area contributed by atoms with E-state index in [1.807, 2.05) is 0 Å². The fraction of sp³-hybridized carbons (Fsp3) is 0.667. The molecule has 0 fully saturated rings. The zero-order chi connectivity index (χ0) is 12.0. The predicted octanol–water partition coefficient (Wildman–Crippen LogP) is -0.0659. The van der Waals surface area contributed by atoms with Gasteiger partial charge in [0, 0.05) is 12.5 Å². The first-order chi connectivity index (χ1) is 6.86. The van der Waals surface area contributed by atoms with Crippen molar-refractivity contribution >= 4 is 17.8 Å². The Morgan fingerprint density at radius 3 is 2.07 bits per heavy atom. The lowest BCUT2D eigenvalue weighted by molar-refractivity contribution is -0.146. The Morgan fingerprint density at radius 1 is 1.13 bits per heavy atom. The fourth-order valence-corrected chi connectivity index (χ4v) is 0.895. The second-order valence-electron chi connectivity index (χ2n) is 3.35. The first-order valence-electron chi connectivity index (χ1n) is 4.58. The Balaban J connectivity index is 3.99. The molecule has 0 spiro atoms. The molecule has 0 radical (unpaired) electrons. The molecule has 86 valence electrons. The minimum absolute atomic E-state index is 0.0187. The van der Waals surface area contributed by atoms with E-state index in [0.717, 1.165) is 0 Å². The van der Waals surface area contributed by atoms with Gasteiger partial charge in [-0.1, -0.05) is 13.8 Å². The van der Waals surface area contributed by atoms with Crippen LogP contribution in [0.15, 0.2) is 0 Å². The number of nitrogens with one attached hydrogen (secondary N) is 1. The summed E-state index contributed by atoms with van der Waals surface area (Å²) in [5.74, 6) is -3.94. The molecule has 0 aliphatic carbocycles. The van der Waals surface area contributed by atoms with Crippen molar-refractivity contribution in [1.82, 2.24) is 5.32 Å². The lowest BCUT2D eigenvalue weighted by Crippen LogP contribution is -2.36. The van der Waals surface area contributed by atoms with E-state index in [0.29, 0.717) is 0 Å². The summed E-state index contributed by atoms with van der Waals surface area (Å²) in [6, 6.07) is 0. The molecule has 0 aromatic carbocycles. The van der Waals surface area contributed by atoms with Gasteiger partial charge in [-0.05, 0) is 0 Å². The lowest BCUT2D eigenvalue weighted by Gasteiger charge is -2.15. The van der Waals surface area contributed by atoms with Crippen LogP contribution in [0.2, 0.25) is 0 Å². The SMILES string of the molecule is CC(C(=O)O)C(C)C(=O)NCCC(=O)O. The van der Waals surface area contributed by atoms with Gasteiger partial charge in [-0.3, -0.25) is 14.4 Å². The number of amides is 1. The molecule has 0 aromatic rings. The maximum Gasteiger partial charge on any atom is 0.307 e. The van der Waals surface area contributed by atoms with E-state index in [2.05, 4.69) is 5.32 Å². The van der Waals surface area contributed by atoms with Crippen LogP contribution in [0.1, 0.15) is 20.3 Å². The van der Waals surface area contributed by atoms with E-state index in [4.69, 9.17) is 10.2 Å². The second-order valence-corrected chi connectivity index (χ2v) is 3.35. The monoisotopic (exact) mass is 217 g/mol. The number of aliphatic carboxylic acids is 2. The average molecular weight is 217 g/mol. The standard InChI is InChI=1S/C9H15NO5/c1-5(6(2)9(14)15)8(13)10-4-3-7(11)12/h5-6H,3-4H2,1-2H3,(H,10,13)(H,11,12)(H,14,15). The topological polar surface area (TPSA) is 104 Å². The smallest absolute Gasteiger partial charge is 0.307 e. The number of carboxylic acid groups (broad SMARTS) is 2. The van der Waals surface area contributed by atoms with Crippen molar-refractivity contribution in [2.45, 2.75) is 20.3 Å². The molecular formula is C9H15NO5. The normalized spacial score (nSPS) is 14.0. The van der Waals surface area contributed by atoms with Gasteiger partial charge >= 0.3 is 11.9 Å². The predicted molar refractivity (Wildman–Crippen MR) is 51.2 cm³/mol. The third-order valence-corrected chi connectivity index (χ3v) is 2.19. The second kappa shape index (κ2) is 6.00. The van der Waals surface area contributed by atoms with Gasteiger partial charge in [0.15, 0.2) is 0 Å². The molecule has 2 unspecified atom stereocenters. The molecule has 0 rings (SSSR count). The zero-order valence-corrected chi connectivity index (χ0v) is 8.69. The number of carbonyl (C=O) groups is 3. The molecule has 0 aliphatic rings. The van der Waals surface area contributed by atoms with E-state index >= 15 is 0 Å². The van der Waals surface area contributed by atoms with Crippen LogP contribution in [0, 0.1) is 11.8 Å². The van der Waals surface area contributed by atoms with Crippen LogP contribution in [-0.4, -0.2) is 34.6 Å². The van der Waals surface area contributed by atoms with Crippen LogP contribution in [0.5, 0.6) is 0 Å². The van der Waals surface area contributed by atoms with Crippen molar-refractivity contribution in [2.24, 2.45) is 11.8 Å². The van der Waals surface area contributed by atoms with Gasteiger partial charge < -0.3 is 15.5 Å². The fourth-order valence-electron chi connectivity index (χ4n) is 0.895. The number of carbonyl (C=O) groups excluding carboxylic acids is 1. The van der Waals surface area contributed by atoms with E-state index < -0.39 is 29.7 Å².